The molecule has 0 aliphatic carbocycles. The minimum absolute atomic E-state index is 0.0996. The first-order valence-corrected chi connectivity index (χ1v) is 7.30. The molecule has 3 unspecified atom stereocenters. The summed E-state index contributed by atoms with van der Waals surface area (Å²) in [7, 11) is 0.967. The fourth-order valence-electron chi connectivity index (χ4n) is 2.07. The van der Waals surface area contributed by atoms with Crippen molar-refractivity contribution in [2.24, 2.45) is 0 Å². The second-order valence-corrected chi connectivity index (χ2v) is 5.98. The molecule has 1 aliphatic heterocycles. The normalized spacial score (nSPS) is 26.2. The van der Waals surface area contributed by atoms with E-state index in [0.717, 1.165) is 24.5 Å². The molecule has 96 valence electrons. The van der Waals surface area contributed by atoms with E-state index in [9.17, 15) is 4.21 Å². The van der Waals surface area contributed by atoms with Gasteiger partial charge in [0.2, 0.25) is 0 Å². The van der Waals surface area contributed by atoms with Crippen LogP contribution in [0.2, 0.25) is 0 Å². The average Bonchev–Trinajstić information content (AvgIpc) is 2.88. The van der Waals surface area contributed by atoms with E-state index in [4.69, 9.17) is 9.15 Å². The third-order valence-corrected chi connectivity index (χ3v) is 4.86. The minimum Gasteiger partial charge on any atom is -0.464 e. The smallest absolute Gasteiger partial charge is 0.117 e. The van der Waals surface area contributed by atoms with E-state index in [0.29, 0.717) is 12.3 Å². The fourth-order valence-corrected chi connectivity index (χ4v) is 3.59. The van der Waals surface area contributed by atoms with Crippen molar-refractivity contribution in [1.82, 2.24) is 5.32 Å². The van der Waals surface area contributed by atoms with Crippen LogP contribution in [0.4, 0.5) is 0 Å². The molecule has 5 heteroatoms. The lowest BCUT2D eigenvalue weighted by molar-refractivity contribution is 0.127. The van der Waals surface area contributed by atoms with Crippen LogP contribution in [-0.2, 0) is 27.8 Å². The molecule has 1 aromatic heterocycles. The summed E-state index contributed by atoms with van der Waals surface area (Å²) < 4.78 is 23.2. The average molecular weight is 257 g/mol. The van der Waals surface area contributed by atoms with Gasteiger partial charge >= 0.3 is 0 Å². The van der Waals surface area contributed by atoms with E-state index in [1.807, 2.05) is 26.1 Å². The molecular weight excluding hydrogens is 238 g/mol. The van der Waals surface area contributed by atoms with E-state index in [1.54, 1.807) is 0 Å². The number of nitrogens with one attached hydrogen (secondary N) is 1. The predicted octanol–water partition coefficient (Wildman–Crippen LogP) is 1.43. The molecule has 3 atom stereocenters. The molecule has 1 aliphatic rings. The highest BCUT2D eigenvalue weighted by molar-refractivity contribution is 7.84. The summed E-state index contributed by atoms with van der Waals surface area (Å²) in [4.78, 5) is 0. The Morgan fingerprint density at radius 3 is 2.88 bits per heavy atom. The Balaban J connectivity index is 1.93. The van der Waals surface area contributed by atoms with Crippen molar-refractivity contribution in [3.63, 3.8) is 0 Å². The molecule has 1 fully saturated rings. The summed E-state index contributed by atoms with van der Waals surface area (Å²) in [5, 5.41) is 3.17. The van der Waals surface area contributed by atoms with Gasteiger partial charge in [-0.1, -0.05) is 0 Å². The monoisotopic (exact) mass is 257 g/mol. The summed E-state index contributed by atoms with van der Waals surface area (Å²) in [6.07, 6.45) is 0.986. The SMILES string of the molecule is CNCc1ccc(CS(=O)C2CCOC2C)o1. The summed E-state index contributed by atoms with van der Waals surface area (Å²) in [5.74, 6) is 2.17. The molecule has 0 aromatic carbocycles. The molecule has 0 spiro atoms. The number of hydrogen-bond donors (Lipinski definition) is 1. The van der Waals surface area contributed by atoms with Gasteiger partial charge in [-0.2, -0.15) is 0 Å². The lowest BCUT2D eigenvalue weighted by Gasteiger charge is -2.12. The van der Waals surface area contributed by atoms with Crippen molar-refractivity contribution in [1.29, 1.82) is 0 Å². The van der Waals surface area contributed by atoms with Crippen molar-refractivity contribution in [2.45, 2.75) is 37.0 Å². The van der Waals surface area contributed by atoms with E-state index >= 15 is 0 Å². The van der Waals surface area contributed by atoms with Gasteiger partial charge in [0.15, 0.2) is 0 Å². The van der Waals surface area contributed by atoms with Crippen molar-refractivity contribution < 1.29 is 13.4 Å². The van der Waals surface area contributed by atoms with Crippen LogP contribution in [0.25, 0.3) is 0 Å². The molecule has 1 aromatic rings. The fraction of sp³-hybridized carbons (Fsp3) is 0.667. The zero-order valence-corrected chi connectivity index (χ0v) is 11.1. The van der Waals surface area contributed by atoms with Gasteiger partial charge in [-0.05, 0) is 32.5 Å². The maximum Gasteiger partial charge on any atom is 0.117 e. The number of furan rings is 1. The van der Waals surface area contributed by atoms with Gasteiger partial charge in [0.05, 0.1) is 23.7 Å². The molecule has 2 heterocycles. The first kappa shape index (κ1) is 12.8. The van der Waals surface area contributed by atoms with Crippen LogP contribution in [0.15, 0.2) is 16.5 Å². The standard InChI is InChI=1S/C12H19NO3S/c1-9-12(5-6-15-9)17(14)8-11-4-3-10(16-11)7-13-2/h3-4,9,12-13H,5-8H2,1-2H3. The van der Waals surface area contributed by atoms with Crippen molar-refractivity contribution in [3.8, 4) is 0 Å². The second kappa shape index (κ2) is 5.80. The number of ether oxygens (including phenoxy) is 1. The minimum atomic E-state index is -0.906. The van der Waals surface area contributed by atoms with Gasteiger partial charge in [-0.25, -0.2) is 0 Å². The Morgan fingerprint density at radius 2 is 2.24 bits per heavy atom. The molecule has 4 nitrogen and oxygen atoms in total. The van der Waals surface area contributed by atoms with Crippen molar-refractivity contribution in [3.05, 3.63) is 23.7 Å². The topological polar surface area (TPSA) is 51.5 Å². The molecule has 0 bridgehead atoms. The molecule has 17 heavy (non-hydrogen) atoms. The third-order valence-electron chi connectivity index (χ3n) is 3.00. The zero-order valence-electron chi connectivity index (χ0n) is 10.3. The Morgan fingerprint density at radius 1 is 1.47 bits per heavy atom. The Labute approximate surface area is 104 Å². The van der Waals surface area contributed by atoms with Crippen LogP contribution >= 0.6 is 0 Å². The van der Waals surface area contributed by atoms with Gasteiger partial charge in [0.25, 0.3) is 0 Å². The largest absolute Gasteiger partial charge is 0.464 e. The summed E-state index contributed by atoms with van der Waals surface area (Å²) in [6, 6.07) is 3.84. The van der Waals surface area contributed by atoms with Crippen LogP contribution in [0.5, 0.6) is 0 Å². The van der Waals surface area contributed by atoms with Gasteiger partial charge in [-0.15, -0.1) is 0 Å². The van der Waals surface area contributed by atoms with E-state index < -0.39 is 10.8 Å². The highest BCUT2D eigenvalue weighted by Crippen LogP contribution is 2.21. The first-order chi connectivity index (χ1) is 8.20. The second-order valence-electron chi connectivity index (χ2n) is 4.33. The molecule has 1 saturated heterocycles. The molecule has 0 amide bonds. The van der Waals surface area contributed by atoms with Gasteiger partial charge in [0, 0.05) is 17.4 Å². The Hall–Kier alpha value is -0.650. The van der Waals surface area contributed by atoms with Crippen molar-refractivity contribution >= 4 is 10.8 Å². The van der Waals surface area contributed by atoms with Gasteiger partial charge in [-0.3, -0.25) is 4.21 Å². The zero-order chi connectivity index (χ0) is 12.3. The molecular formula is C12H19NO3S. The number of hydrogen-bond acceptors (Lipinski definition) is 4. The van der Waals surface area contributed by atoms with Crippen LogP contribution in [0.1, 0.15) is 24.9 Å². The van der Waals surface area contributed by atoms with Crippen LogP contribution in [0.3, 0.4) is 0 Å². The summed E-state index contributed by atoms with van der Waals surface area (Å²) in [5.41, 5.74) is 0. The van der Waals surface area contributed by atoms with E-state index in [2.05, 4.69) is 5.32 Å². The van der Waals surface area contributed by atoms with Crippen LogP contribution < -0.4 is 5.32 Å². The quantitative estimate of drug-likeness (QED) is 0.867. The van der Waals surface area contributed by atoms with Gasteiger partial charge in [0.1, 0.15) is 11.5 Å². The molecule has 2 rings (SSSR count). The van der Waals surface area contributed by atoms with Gasteiger partial charge < -0.3 is 14.5 Å². The predicted molar refractivity (Wildman–Crippen MR) is 67.1 cm³/mol. The first-order valence-electron chi connectivity index (χ1n) is 5.91. The highest BCUT2D eigenvalue weighted by Gasteiger charge is 2.29. The van der Waals surface area contributed by atoms with E-state index in [1.165, 1.54) is 0 Å². The third kappa shape index (κ3) is 3.18. The lowest BCUT2D eigenvalue weighted by Crippen LogP contribution is -2.23. The maximum absolute atomic E-state index is 12.1. The Kier molecular flexibility index (Phi) is 4.36. The van der Waals surface area contributed by atoms with Crippen LogP contribution in [-0.4, -0.2) is 29.2 Å². The molecule has 0 radical (unpaired) electrons. The summed E-state index contributed by atoms with van der Waals surface area (Å²) >= 11 is 0. The Bertz CT molecular complexity index is 391. The molecule has 1 N–H and O–H groups in total. The van der Waals surface area contributed by atoms with Crippen LogP contribution in [0, 0.1) is 0 Å². The number of rotatable bonds is 5. The maximum atomic E-state index is 12.1. The lowest BCUT2D eigenvalue weighted by atomic mass is 10.3. The van der Waals surface area contributed by atoms with Crippen molar-refractivity contribution in [2.75, 3.05) is 13.7 Å². The van der Waals surface area contributed by atoms with E-state index in [-0.39, 0.29) is 11.4 Å². The highest BCUT2D eigenvalue weighted by atomic mass is 32.2. The molecule has 0 saturated carbocycles. The summed E-state index contributed by atoms with van der Waals surface area (Å²) in [6.45, 7) is 3.42.